The van der Waals surface area contributed by atoms with Crippen molar-refractivity contribution < 1.29 is 14.2 Å². The van der Waals surface area contributed by atoms with E-state index in [1.54, 1.807) is 0 Å². The van der Waals surface area contributed by atoms with Crippen LogP contribution in [-0.2, 0) is 14.2 Å². The maximum absolute atomic E-state index is 6.07. The average Bonchev–Trinajstić information content (AvgIpc) is 2.76. The molecule has 6 heteroatoms. The minimum atomic E-state index is 0.0941. The highest BCUT2D eigenvalue weighted by Gasteiger charge is 2.25. The molecule has 0 spiro atoms. The van der Waals surface area contributed by atoms with Crippen LogP contribution in [0.3, 0.4) is 0 Å². The quantitative estimate of drug-likeness (QED) is 0.410. The first-order valence-corrected chi connectivity index (χ1v) is 11.1. The molecule has 1 atom stereocenters. The van der Waals surface area contributed by atoms with Crippen molar-refractivity contribution in [2.45, 2.75) is 39.2 Å². The van der Waals surface area contributed by atoms with Gasteiger partial charge in [0.2, 0.25) is 0 Å². The molecule has 162 valence electrons. The van der Waals surface area contributed by atoms with Crippen LogP contribution in [0.1, 0.15) is 43.4 Å². The maximum Gasteiger partial charge on any atom is 0.194 e. The topological polar surface area (TPSA) is 55.3 Å². The van der Waals surface area contributed by atoms with E-state index >= 15 is 0 Å². The third-order valence-corrected chi connectivity index (χ3v) is 5.64. The number of ether oxygens (including phenoxy) is 3. The SMILES string of the molecule is CCNC(=NCCCOCC1CCOCC1)N1CCOC(c2ccccc2C)C1. The summed E-state index contributed by atoms with van der Waals surface area (Å²) < 4.78 is 17.3. The molecule has 1 N–H and O–H groups in total. The fraction of sp³-hybridized carbons (Fsp3) is 0.696. The number of nitrogens with zero attached hydrogens (tertiary/aromatic N) is 2. The van der Waals surface area contributed by atoms with Crippen molar-refractivity contribution >= 4 is 5.96 Å². The fourth-order valence-corrected chi connectivity index (χ4v) is 3.92. The third kappa shape index (κ3) is 6.98. The largest absolute Gasteiger partial charge is 0.381 e. The predicted octanol–water partition coefficient (Wildman–Crippen LogP) is 3.17. The van der Waals surface area contributed by atoms with E-state index in [1.807, 2.05) is 0 Å². The van der Waals surface area contributed by atoms with Crippen LogP contribution in [0.15, 0.2) is 29.3 Å². The highest BCUT2D eigenvalue weighted by Crippen LogP contribution is 2.25. The van der Waals surface area contributed by atoms with Crippen molar-refractivity contribution in [3.8, 4) is 0 Å². The van der Waals surface area contributed by atoms with Crippen molar-refractivity contribution in [2.24, 2.45) is 10.9 Å². The Bertz CT molecular complexity index is 632. The third-order valence-electron chi connectivity index (χ3n) is 5.64. The van der Waals surface area contributed by atoms with Crippen LogP contribution in [-0.4, -0.2) is 70.1 Å². The van der Waals surface area contributed by atoms with Gasteiger partial charge in [0.15, 0.2) is 5.96 Å². The minimum absolute atomic E-state index is 0.0941. The summed E-state index contributed by atoms with van der Waals surface area (Å²) in [6, 6.07) is 8.49. The summed E-state index contributed by atoms with van der Waals surface area (Å²) in [5.74, 6) is 1.65. The van der Waals surface area contributed by atoms with Gasteiger partial charge in [-0.25, -0.2) is 0 Å². The Morgan fingerprint density at radius 1 is 1.24 bits per heavy atom. The number of rotatable bonds is 8. The van der Waals surface area contributed by atoms with Gasteiger partial charge in [-0.05, 0) is 50.2 Å². The lowest BCUT2D eigenvalue weighted by atomic mass is 10.0. The predicted molar refractivity (Wildman–Crippen MR) is 116 cm³/mol. The van der Waals surface area contributed by atoms with Crippen LogP contribution in [0.2, 0.25) is 0 Å². The Balaban J connectivity index is 1.45. The lowest BCUT2D eigenvalue weighted by Gasteiger charge is -2.35. The lowest BCUT2D eigenvalue weighted by molar-refractivity contribution is -0.00835. The van der Waals surface area contributed by atoms with E-state index in [0.29, 0.717) is 5.92 Å². The smallest absolute Gasteiger partial charge is 0.194 e. The molecule has 2 aliphatic heterocycles. The van der Waals surface area contributed by atoms with Crippen molar-refractivity contribution in [1.82, 2.24) is 10.2 Å². The van der Waals surface area contributed by atoms with E-state index in [-0.39, 0.29) is 6.10 Å². The highest BCUT2D eigenvalue weighted by atomic mass is 16.5. The van der Waals surface area contributed by atoms with Gasteiger partial charge in [-0.3, -0.25) is 4.99 Å². The number of aliphatic imine (C=N–C) groups is 1. The summed E-state index contributed by atoms with van der Waals surface area (Å²) in [7, 11) is 0. The van der Waals surface area contributed by atoms with Crippen LogP contribution >= 0.6 is 0 Å². The molecular formula is C23H37N3O3. The van der Waals surface area contributed by atoms with Gasteiger partial charge in [-0.1, -0.05) is 24.3 Å². The first kappa shape index (κ1) is 22.1. The summed E-state index contributed by atoms with van der Waals surface area (Å²) in [5, 5.41) is 3.45. The second-order valence-electron chi connectivity index (χ2n) is 7.88. The summed E-state index contributed by atoms with van der Waals surface area (Å²) in [4.78, 5) is 7.17. The molecular weight excluding hydrogens is 366 g/mol. The summed E-state index contributed by atoms with van der Waals surface area (Å²) in [5.41, 5.74) is 2.55. The van der Waals surface area contributed by atoms with Crippen molar-refractivity contribution in [3.63, 3.8) is 0 Å². The molecule has 2 saturated heterocycles. The van der Waals surface area contributed by atoms with Crippen LogP contribution in [0.4, 0.5) is 0 Å². The van der Waals surface area contributed by atoms with Gasteiger partial charge in [-0.15, -0.1) is 0 Å². The van der Waals surface area contributed by atoms with Gasteiger partial charge < -0.3 is 24.4 Å². The van der Waals surface area contributed by atoms with Gasteiger partial charge in [-0.2, -0.15) is 0 Å². The van der Waals surface area contributed by atoms with Crippen LogP contribution < -0.4 is 5.32 Å². The number of aryl methyl sites for hydroxylation is 1. The molecule has 2 heterocycles. The second-order valence-corrected chi connectivity index (χ2v) is 7.88. The molecule has 0 amide bonds. The standard InChI is InChI=1S/C23H37N3O3/c1-3-24-23(25-11-6-13-28-18-20-9-14-27-15-10-20)26-12-16-29-22(17-26)21-8-5-4-7-19(21)2/h4-5,7-8,20,22H,3,6,9-18H2,1-2H3,(H,24,25). The molecule has 0 radical (unpaired) electrons. The molecule has 1 aromatic carbocycles. The summed E-state index contributed by atoms with van der Waals surface area (Å²) in [6.45, 7) is 11.7. The first-order chi connectivity index (χ1) is 14.3. The average molecular weight is 404 g/mol. The van der Waals surface area contributed by atoms with E-state index in [2.05, 4.69) is 48.3 Å². The molecule has 2 aliphatic rings. The molecule has 0 aliphatic carbocycles. The van der Waals surface area contributed by atoms with Crippen LogP contribution in [0.25, 0.3) is 0 Å². The van der Waals surface area contributed by atoms with Crippen molar-refractivity contribution in [3.05, 3.63) is 35.4 Å². The number of hydrogen-bond acceptors (Lipinski definition) is 4. The Morgan fingerprint density at radius 3 is 2.86 bits per heavy atom. The van der Waals surface area contributed by atoms with Gasteiger partial charge in [0, 0.05) is 46.1 Å². The van der Waals surface area contributed by atoms with Gasteiger partial charge >= 0.3 is 0 Å². The molecule has 1 unspecified atom stereocenters. The van der Waals surface area contributed by atoms with E-state index in [4.69, 9.17) is 19.2 Å². The van der Waals surface area contributed by atoms with E-state index in [1.165, 1.54) is 11.1 Å². The Labute approximate surface area is 175 Å². The Kier molecular flexibility index (Phi) is 9.25. The second kappa shape index (κ2) is 12.2. The monoisotopic (exact) mass is 403 g/mol. The van der Waals surface area contributed by atoms with Crippen molar-refractivity contribution in [2.75, 3.05) is 59.2 Å². The zero-order valence-corrected chi connectivity index (χ0v) is 18.1. The molecule has 1 aromatic rings. The number of nitrogens with one attached hydrogen (secondary N) is 1. The van der Waals surface area contributed by atoms with Crippen LogP contribution in [0.5, 0.6) is 0 Å². The van der Waals surface area contributed by atoms with E-state index in [9.17, 15) is 0 Å². The molecule has 29 heavy (non-hydrogen) atoms. The van der Waals surface area contributed by atoms with E-state index in [0.717, 1.165) is 84.4 Å². The number of benzene rings is 1. The van der Waals surface area contributed by atoms with Crippen LogP contribution in [0, 0.1) is 12.8 Å². The van der Waals surface area contributed by atoms with Crippen molar-refractivity contribution in [1.29, 1.82) is 0 Å². The zero-order chi connectivity index (χ0) is 20.3. The van der Waals surface area contributed by atoms with Gasteiger partial charge in [0.25, 0.3) is 0 Å². The normalized spacial score (nSPS) is 21.4. The number of guanidine groups is 1. The molecule has 0 aromatic heterocycles. The summed E-state index contributed by atoms with van der Waals surface area (Å²) in [6.07, 6.45) is 3.30. The molecule has 0 saturated carbocycles. The lowest BCUT2D eigenvalue weighted by Crippen LogP contribution is -2.48. The Hall–Kier alpha value is -1.63. The van der Waals surface area contributed by atoms with E-state index < -0.39 is 0 Å². The molecule has 6 nitrogen and oxygen atoms in total. The summed E-state index contributed by atoms with van der Waals surface area (Å²) >= 11 is 0. The molecule has 3 rings (SSSR count). The number of hydrogen-bond donors (Lipinski definition) is 1. The minimum Gasteiger partial charge on any atom is -0.381 e. The maximum atomic E-state index is 6.07. The zero-order valence-electron chi connectivity index (χ0n) is 18.1. The van der Waals surface area contributed by atoms with Gasteiger partial charge in [0.1, 0.15) is 6.10 Å². The highest BCUT2D eigenvalue weighted by molar-refractivity contribution is 5.80. The first-order valence-electron chi connectivity index (χ1n) is 11.1. The van der Waals surface area contributed by atoms with Gasteiger partial charge in [0.05, 0.1) is 13.2 Å². The Morgan fingerprint density at radius 2 is 2.07 bits per heavy atom. The number of morpholine rings is 1. The molecule has 0 bridgehead atoms. The molecule has 2 fully saturated rings. The fourth-order valence-electron chi connectivity index (χ4n) is 3.92.